The van der Waals surface area contributed by atoms with Crippen LogP contribution in [0.25, 0.3) is 22.3 Å². The summed E-state index contributed by atoms with van der Waals surface area (Å²) < 4.78 is 6.55. The smallest absolute Gasteiger partial charge is 0.160 e. The molecule has 0 aromatic heterocycles. The van der Waals surface area contributed by atoms with E-state index in [1.54, 1.807) is 12.1 Å². The van der Waals surface area contributed by atoms with Crippen LogP contribution in [0.4, 0.5) is 45.5 Å². The van der Waals surface area contributed by atoms with E-state index in [2.05, 4.69) is 0 Å². The number of rotatable bonds is 4. The van der Waals surface area contributed by atoms with Crippen LogP contribution in [-0.2, 0) is 0 Å². The van der Waals surface area contributed by atoms with E-state index in [-0.39, 0.29) is 11.4 Å². The minimum atomic E-state index is 0.264. The zero-order valence-electron chi connectivity index (χ0n) is 21.5. The molecule has 0 unspecified atom stereocenters. The van der Waals surface area contributed by atoms with Gasteiger partial charge in [0.2, 0.25) is 0 Å². The summed E-state index contributed by atoms with van der Waals surface area (Å²) in [5, 5.41) is 0. The second-order valence-corrected chi connectivity index (χ2v) is 9.49. The SMILES string of the molecule is Cc1cc(-c2cc(C)c(N)c(N)c2Oc2c(-c3cc(C)c(N)c(N)c3)cc(C)c(N)c2N)cc(N)c1N. The highest BCUT2D eigenvalue weighted by atomic mass is 16.5. The maximum absolute atomic E-state index is 6.55. The van der Waals surface area contributed by atoms with Crippen LogP contribution in [0.15, 0.2) is 36.4 Å². The molecule has 0 aliphatic heterocycles. The highest BCUT2D eigenvalue weighted by molar-refractivity contribution is 5.92. The van der Waals surface area contributed by atoms with Crippen LogP contribution in [0.3, 0.4) is 0 Å². The number of nitrogen functional groups attached to an aromatic ring is 8. The highest BCUT2D eigenvalue weighted by Crippen LogP contribution is 2.49. The zero-order chi connectivity index (χ0) is 27.3. The van der Waals surface area contributed by atoms with Crippen LogP contribution in [0.5, 0.6) is 11.5 Å². The molecule has 0 aliphatic rings. The Bertz CT molecular complexity index is 1410. The number of anilines is 8. The van der Waals surface area contributed by atoms with Gasteiger partial charge in [0.25, 0.3) is 0 Å². The van der Waals surface area contributed by atoms with E-state index < -0.39 is 0 Å². The minimum Gasteiger partial charge on any atom is -0.452 e. The molecule has 0 heterocycles. The van der Waals surface area contributed by atoms with Gasteiger partial charge in [-0.15, -0.1) is 0 Å². The Balaban J connectivity index is 2.02. The summed E-state index contributed by atoms with van der Waals surface area (Å²) in [7, 11) is 0. The van der Waals surface area contributed by atoms with Crippen molar-refractivity contribution >= 4 is 45.5 Å². The summed E-state index contributed by atoms with van der Waals surface area (Å²) in [5.41, 5.74) is 59.6. The fourth-order valence-electron chi connectivity index (χ4n) is 4.39. The maximum Gasteiger partial charge on any atom is 0.160 e. The van der Waals surface area contributed by atoms with Gasteiger partial charge in [0.05, 0.1) is 45.5 Å². The molecule has 0 fully saturated rings. The third-order valence-corrected chi connectivity index (χ3v) is 6.79. The van der Waals surface area contributed by atoms with E-state index >= 15 is 0 Å². The fourth-order valence-corrected chi connectivity index (χ4v) is 4.39. The molecule has 0 saturated heterocycles. The van der Waals surface area contributed by atoms with Gasteiger partial charge in [0.1, 0.15) is 0 Å². The van der Waals surface area contributed by atoms with Crippen molar-refractivity contribution < 1.29 is 4.74 Å². The summed E-state index contributed by atoms with van der Waals surface area (Å²) in [4.78, 5) is 0. The Kier molecular flexibility index (Phi) is 6.09. The second-order valence-electron chi connectivity index (χ2n) is 9.49. The molecule has 4 aromatic rings. The van der Waals surface area contributed by atoms with Gasteiger partial charge in [-0.1, -0.05) is 0 Å². The van der Waals surface area contributed by atoms with Crippen molar-refractivity contribution in [3.8, 4) is 33.8 Å². The van der Waals surface area contributed by atoms with Crippen molar-refractivity contribution in [1.29, 1.82) is 0 Å². The van der Waals surface area contributed by atoms with Crippen molar-refractivity contribution in [1.82, 2.24) is 0 Å². The molecule has 16 N–H and O–H groups in total. The lowest BCUT2D eigenvalue weighted by Crippen LogP contribution is -2.07. The molecule has 0 amide bonds. The summed E-state index contributed by atoms with van der Waals surface area (Å²) in [6.07, 6.45) is 0. The number of hydrogen-bond acceptors (Lipinski definition) is 9. The number of nitrogens with two attached hydrogens (primary N) is 8. The molecule has 9 nitrogen and oxygen atoms in total. The van der Waals surface area contributed by atoms with Gasteiger partial charge in [-0.25, -0.2) is 0 Å². The van der Waals surface area contributed by atoms with Crippen LogP contribution in [0, 0.1) is 27.7 Å². The van der Waals surface area contributed by atoms with Gasteiger partial charge in [0.15, 0.2) is 11.5 Å². The highest BCUT2D eigenvalue weighted by Gasteiger charge is 2.23. The number of benzene rings is 4. The molecular formula is C28H34N8O. The van der Waals surface area contributed by atoms with Crippen molar-refractivity contribution in [3.63, 3.8) is 0 Å². The lowest BCUT2D eigenvalue weighted by molar-refractivity contribution is 0.491. The number of ether oxygens (including phenoxy) is 1. The van der Waals surface area contributed by atoms with Crippen molar-refractivity contribution in [2.24, 2.45) is 0 Å². The van der Waals surface area contributed by atoms with Gasteiger partial charge >= 0.3 is 0 Å². The number of hydrogen-bond donors (Lipinski definition) is 8. The van der Waals surface area contributed by atoms with Crippen molar-refractivity contribution in [3.05, 3.63) is 58.7 Å². The second kappa shape index (κ2) is 8.94. The molecule has 0 atom stereocenters. The summed E-state index contributed by atoms with van der Waals surface area (Å²) in [6, 6.07) is 11.2. The van der Waals surface area contributed by atoms with Gasteiger partial charge in [0, 0.05) is 11.1 Å². The standard InChI is InChI=1S/C28H34N8O/c1-11-5-15(9-19(29)21(11)31)17-7-13(3)23(33)25(35)27(17)37-28-18(8-14(4)24(34)26(28)36)16-6-12(2)22(32)20(30)10-16/h5-10H,29-36H2,1-4H3. The Morgan fingerprint density at radius 2 is 0.730 bits per heavy atom. The molecule has 0 aliphatic carbocycles. The molecule has 0 saturated carbocycles. The quantitative estimate of drug-likeness (QED) is 0.182. The molecule has 37 heavy (non-hydrogen) atoms. The fraction of sp³-hybridized carbons (Fsp3) is 0.143. The van der Waals surface area contributed by atoms with Crippen molar-refractivity contribution in [2.45, 2.75) is 27.7 Å². The van der Waals surface area contributed by atoms with Crippen LogP contribution in [0.1, 0.15) is 22.3 Å². The molecular weight excluding hydrogens is 464 g/mol. The van der Waals surface area contributed by atoms with E-state index in [1.165, 1.54) is 0 Å². The molecule has 4 rings (SSSR count). The van der Waals surface area contributed by atoms with Crippen LogP contribution in [-0.4, -0.2) is 0 Å². The monoisotopic (exact) mass is 498 g/mol. The van der Waals surface area contributed by atoms with Gasteiger partial charge in [-0.2, -0.15) is 0 Å². The first-order chi connectivity index (χ1) is 17.3. The zero-order valence-corrected chi connectivity index (χ0v) is 21.5. The Morgan fingerprint density at radius 3 is 1.05 bits per heavy atom. The summed E-state index contributed by atoms with van der Waals surface area (Å²) in [6.45, 7) is 7.51. The average molecular weight is 499 g/mol. The van der Waals surface area contributed by atoms with E-state index in [4.69, 9.17) is 50.6 Å². The first kappa shape index (κ1) is 25.2. The average Bonchev–Trinajstić information content (AvgIpc) is 2.85. The molecule has 0 bridgehead atoms. The number of aryl methyl sites for hydroxylation is 4. The predicted octanol–water partition coefficient (Wildman–Crippen LogP) is 4.70. The molecule has 0 radical (unpaired) electrons. The van der Waals surface area contributed by atoms with Crippen LogP contribution < -0.4 is 50.6 Å². The third-order valence-electron chi connectivity index (χ3n) is 6.79. The normalized spacial score (nSPS) is 11.0. The third kappa shape index (κ3) is 4.20. The van der Waals surface area contributed by atoms with Gasteiger partial charge in [-0.3, -0.25) is 0 Å². The van der Waals surface area contributed by atoms with Crippen LogP contribution >= 0.6 is 0 Å². The maximum atomic E-state index is 6.55. The minimum absolute atomic E-state index is 0.264. The Morgan fingerprint density at radius 1 is 0.405 bits per heavy atom. The molecule has 9 heteroatoms. The lowest BCUT2D eigenvalue weighted by atomic mass is 9.95. The Hall–Kier alpha value is -4.92. The lowest BCUT2D eigenvalue weighted by Gasteiger charge is -2.22. The topological polar surface area (TPSA) is 217 Å². The van der Waals surface area contributed by atoms with Gasteiger partial charge < -0.3 is 50.6 Å². The van der Waals surface area contributed by atoms with Gasteiger partial charge in [-0.05, 0) is 97.5 Å². The summed E-state index contributed by atoms with van der Waals surface area (Å²) in [5.74, 6) is 0.644. The van der Waals surface area contributed by atoms with E-state index in [0.29, 0.717) is 56.8 Å². The van der Waals surface area contributed by atoms with Crippen molar-refractivity contribution in [2.75, 3.05) is 45.9 Å². The molecule has 192 valence electrons. The Labute approximate surface area is 216 Å². The van der Waals surface area contributed by atoms with Crippen LogP contribution in [0.2, 0.25) is 0 Å². The largest absolute Gasteiger partial charge is 0.452 e. The van der Waals surface area contributed by atoms with E-state index in [9.17, 15) is 0 Å². The summed E-state index contributed by atoms with van der Waals surface area (Å²) >= 11 is 0. The first-order valence-corrected chi connectivity index (χ1v) is 11.7. The first-order valence-electron chi connectivity index (χ1n) is 11.7. The predicted molar refractivity (Wildman–Crippen MR) is 158 cm³/mol. The van der Waals surface area contributed by atoms with E-state index in [1.807, 2.05) is 52.0 Å². The van der Waals surface area contributed by atoms with E-state index in [0.717, 1.165) is 33.4 Å². The molecule has 0 spiro atoms. The molecule has 4 aromatic carbocycles.